The van der Waals surface area contributed by atoms with Gasteiger partial charge in [0.15, 0.2) is 11.5 Å². The third kappa shape index (κ3) is 3.83. The molecule has 2 heteroatoms. The topological polar surface area (TPSA) is 18.5 Å². The van der Waals surface area contributed by atoms with Crippen molar-refractivity contribution in [2.24, 2.45) is 5.92 Å². The molecule has 0 saturated heterocycles. The van der Waals surface area contributed by atoms with Crippen LogP contribution in [0.4, 0.5) is 0 Å². The minimum absolute atomic E-state index is 0.398. The van der Waals surface area contributed by atoms with E-state index in [1.807, 2.05) is 6.08 Å². The van der Waals surface area contributed by atoms with Crippen LogP contribution in [-0.2, 0) is 9.47 Å². The highest BCUT2D eigenvalue weighted by molar-refractivity contribution is 5.27. The highest BCUT2D eigenvalue weighted by Gasteiger charge is 2.04. The molecule has 2 nitrogen and oxygen atoms in total. The summed E-state index contributed by atoms with van der Waals surface area (Å²) in [6.07, 6.45) is 1.84. The van der Waals surface area contributed by atoms with Gasteiger partial charge in [-0.05, 0) is 17.6 Å². The number of hydrogen-bond acceptors (Lipinski definition) is 2. The molecule has 0 atom stereocenters. The van der Waals surface area contributed by atoms with Gasteiger partial charge in [0.2, 0.25) is 0 Å². The molecule has 0 spiro atoms. The highest BCUT2D eigenvalue weighted by atomic mass is 16.5. The van der Waals surface area contributed by atoms with Crippen LogP contribution in [0.2, 0.25) is 0 Å². The lowest BCUT2D eigenvalue weighted by molar-refractivity contribution is 0.221. The molecule has 0 aliphatic carbocycles. The Morgan fingerprint density at radius 2 is 1.69 bits per heavy atom. The first-order valence-electron chi connectivity index (χ1n) is 4.20. The second-order valence-electron chi connectivity index (χ2n) is 3.07. The lowest BCUT2D eigenvalue weighted by Gasteiger charge is -2.10. The van der Waals surface area contributed by atoms with Crippen molar-refractivity contribution in [2.75, 3.05) is 14.2 Å². The predicted octanol–water partition coefficient (Wildman–Crippen LogP) is 2.89. The number of allylic oxidation sites excluding steroid dienone is 2. The van der Waals surface area contributed by atoms with Crippen molar-refractivity contribution in [3.8, 4) is 0 Å². The third-order valence-electron chi connectivity index (χ3n) is 1.80. The Kier molecular flexibility index (Phi) is 4.97. The van der Waals surface area contributed by atoms with E-state index in [2.05, 4.69) is 27.0 Å². The van der Waals surface area contributed by atoms with E-state index >= 15 is 0 Å². The molecule has 0 bridgehead atoms. The third-order valence-corrected chi connectivity index (χ3v) is 1.80. The van der Waals surface area contributed by atoms with Crippen molar-refractivity contribution in [1.82, 2.24) is 0 Å². The summed E-state index contributed by atoms with van der Waals surface area (Å²) in [4.78, 5) is 0. The fraction of sp³-hybridized carbons (Fsp3) is 0.455. The molecule has 0 fully saturated rings. The fourth-order valence-corrected chi connectivity index (χ4v) is 0.689. The molecule has 0 N–H and O–H groups in total. The Morgan fingerprint density at radius 3 is 2.00 bits per heavy atom. The fourth-order valence-electron chi connectivity index (χ4n) is 0.689. The Balaban J connectivity index is 4.57. The van der Waals surface area contributed by atoms with Gasteiger partial charge in [-0.2, -0.15) is 0 Å². The van der Waals surface area contributed by atoms with E-state index in [9.17, 15) is 0 Å². The zero-order valence-corrected chi connectivity index (χ0v) is 8.89. The summed E-state index contributed by atoms with van der Waals surface area (Å²) < 4.78 is 10.1. The number of hydrogen-bond donors (Lipinski definition) is 0. The van der Waals surface area contributed by atoms with E-state index in [-0.39, 0.29) is 0 Å². The lowest BCUT2D eigenvalue weighted by atomic mass is 10.0. The van der Waals surface area contributed by atoms with Crippen molar-refractivity contribution < 1.29 is 9.47 Å². The number of ether oxygens (including phenoxy) is 2. The van der Waals surface area contributed by atoms with Gasteiger partial charge in [0.25, 0.3) is 0 Å². The van der Waals surface area contributed by atoms with Crippen LogP contribution in [0.15, 0.2) is 36.3 Å². The molecule has 74 valence electrons. The van der Waals surface area contributed by atoms with Crippen LogP contribution in [0.3, 0.4) is 0 Å². The first-order chi connectivity index (χ1) is 6.02. The molecular weight excluding hydrogens is 164 g/mol. The Bertz CT molecular complexity index is 224. The maximum absolute atomic E-state index is 5.10. The molecule has 0 aromatic carbocycles. The maximum atomic E-state index is 5.10. The van der Waals surface area contributed by atoms with Crippen molar-refractivity contribution in [2.45, 2.75) is 13.8 Å². The van der Waals surface area contributed by atoms with Gasteiger partial charge in [0.05, 0.1) is 14.2 Å². The molecule has 0 aromatic heterocycles. The van der Waals surface area contributed by atoms with Crippen molar-refractivity contribution in [3.63, 3.8) is 0 Å². The molecule has 0 rings (SSSR count). The second-order valence-corrected chi connectivity index (χ2v) is 3.07. The largest absolute Gasteiger partial charge is 0.494 e. The molecule has 0 radical (unpaired) electrons. The van der Waals surface area contributed by atoms with Crippen molar-refractivity contribution in [3.05, 3.63) is 36.3 Å². The van der Waals surface area contributed by atoms with Crippen molar-refractivity contribution in [1.29, 1.82) is 0 Å². The van der Waals surface area contributed by atoms with Crippen LogP contribution in [0.5, 0.6) is 0 Å². The van der Waals surface area contributed by atoms with Crippen LogP contribution in [0.25, 0.3) is 0 Å². The van der Waals surface area contributed by atoms with Gasteiger partial charge < -0.3 is 9.47 Å². The zero-order chi connectivity index (χ0) is 10.4. The van der Waals surface area contributed by atoms with Gasteiger partial charge in [0, 0.05) is 0 Å². The first-order valence-corrected chi connectivity index (χ1v) is 4.20. The SMILES string of the molecule is C=C(OC)/C(=C\C(=C)C(C)C)OC. The zero-order valence-electron chi connectivity index (χ0n) is 8.89. The molecule has 0 aliphatic rings. The van der Waals surface area contributed by atoms with Gasteiger partial charge in [0.1, 0.15) is 0 Å². The summed E-state index contributed by atoms with van der Waals surface area (Å²) >= 11 is 0. The monoisotopic (exact) mass is 182 g/mol. The minimum Gasteiger partial charge on any atom is -0.494 e. The minimum atomic E-state index is 0.398. The highest BCUT2D eigenvalue weighted by Crippen LogP contribution is 2.16. The normalized spacial score (nSPS) is 11.3. The maximum Gasteiger partial charge on any atom is 0.160 e. The summed E-state index contributed by atoms with van der Waals surface area (Å²) in [6, 6.07) is 0. The molecule has 0 heterocycles. The Hall–Kier alpha value is -1.18. The molecular formula is C11H18O2. The Labute approximate surface area is 80.5 Å². The molecule has 0 aromatic rings. The van der Waals surface area contributed by atoms with Crippen LogP contribution in [0.1, 0.15) is 13.8 Å². The molecule has 0 amide bonds. The summed E-state index contributed by atoms with van der Waals surface area (Å²) in [5.74, 6) is 1.54. The summed E-state index contributed by atoms with van der Waals surface area (Å²) in [5, 5.41) is 0. The van der Waals surface area contributed by atoms with Crippen LogP contribution in [-0.4, -0.2) is 14.2 Å². The van der Waals surface area contributed by atoms with E-state index in [0.717, 1.165) is 5.57 Å². The molecule has 0 aliphatic heterocycles. The van der Waals surface area contributed by atoms with Crippen LogP contribution < -0.4 is 0 Å². The van der Waals surface area contributed by atoms with Crippen LogP contribution in [0, 0.1) is 5.92 Å². The second kappa shape index (κ2) is 5.46. The van der Waals surface area contributed by atoms with Gasteiger partial charge in [-0.15, -0.1) is 0 Å². The summed E-state index contributed by atoms with van der Waals surface area (Å²) in [6.45, 7) is 11.7. The van der Waals surface area contributed by atoms with E-state index in [1.54, 1.807) is 14.2 Å². The van der Waals surface area contributed by atoms with E-state index < -0.39 is 0 Å². The molecule has 0 saturated carbocycles. The lowest BCUT2D eigenvalue weighted by Crippen LogP contribution is -1.97. The predicted molar refractivity (Wildman–Crippen MR) is 55.2 cm³/mol. The van der Waals surface area contributed by atoms with Crippen molar-refractivity contribution >= 4 is 0 Å². The summed E-state index contributed by atoms with van der Waals surface area (Å²) in [7, 11) is 3.15. The Morgan fingerprint density at radius 1 is 1.15 bits per heavy atom. The number of rotatable bonds is 5. The summed E-state index contributed by atoms with van der Waals surface area (Å²) in [5.41, 5.74) is 0.995. The molecule has 13 heavy (non-hydrogen) atoms. The average Bonchev–Trinajstić information content (AvgIpc) is 2.12. The smallest absolute Gasteiger partial charge is 0.160 e. The first kappa shape index (κ1) is 11.8. The van der Waals surface area contributed by atoms with Gasteiger partial charge in [-0.1, -0.05) is 27.0 Å². The van der Waals surface area contributed by atoms with Crippen LogP contribution >= 0.6 is 0 Å². The van der Waals surface area contributed by atoms with E-state index in [1.165, 1.54) is 0 Å². The standard InChI is InChI=1S/C11H18O2/c1-8(2)9(3)7-11(13-6)10(4)12-5/h7-8H,3-4H2,1-2,5-6H3/b11-7+. The average molecular weight is 182 g/mol. The molecule has 0 unspecified atom stereocenters. The van der Waals surface area contributed by atoms with Gasteiger partial charge in [-0.25, -0.2) is 0 Å². The van der Waals surface area contributed by atoms with Gasteiger partial charge >= 0.3 is 0 Å². The van der Waals surface area contributed by atoms with E-state index in [0.29, 0.717) is 17.4 Å². The quantitative estimate of drug-likeness (QED) is 0.481. The van der Waals surface area contributed by atoms with Gasteiger partial charge in [-0.3, -0.25) is 0 Å². The number of methoxy groups -OCH3 is 2. The van der Waals surface area contributed by atoms with E-state index in [4.69, 9.17) is 9.47 Å².